The average molecular weight is 225 g/mol. The summed E-state index contributed by atoms with van der Waals surface area (Å²) < 4.78 is 0. The number of carbonyl (C=O) groups is 2. The second-order valence-corrected chi connectivity index (χ2v) is 2.86. The van der Waals surface area contributed by atoms with Crippen LogP contribution in [0.1, 0.15) is 13.3 Å². The molecule has 0 heterocycles. The maximum atomic E-state index is 9.43. The molecule has 0 saturated carbocycles. The molecule has 0 spiro atoms. The Morgan fingerprint density at radius 1 is 1.12 bits per heavy atom. The molecule has 16 heavy (non-hydrogen) atoms. The van der Waals surface area contributed by atoms with Gasteiger partial charge in [-0.15, -0.1) is 0 Å². The molecule has 0 aliphatic heterocycles. The van der Waals surface area contributed by atoms with E-state index in [9.17, 15) is 9.59 Å². The molecule has 5 heteroatoms. The van der Waals surface area contributed by atoms with Gasteiger partial charge in [0.05, 0.1) is 0 Å². The van der Waals surface area contributed by atoms with Gasteiger partial charge in [-0.25, -0.2) is 0 Å². The van der Waals surface area contributed by atoms with Crippen LogP contribution in [0.4, 0.5) is 5.69 Å². The number of benzene rings is 1. The van der Waals surface area contributed by atoms with Crippen molar-refractivity contribution in [3.05, 3.63) is 30.3 Å². The summed E-state index contributed by atoms with van der Waals surface area (Å²) in [7, 11) is 0. The summed E-state index contributed by atoms with van der Waals surface area (Å²) in [6.07, 6.45) is -0.806. The predicted octanol–water partition coefficient (Wildman–Crippen LogP) is 1.66. The molecule has 0 aliphatic carbocycles. The van der Waals surface area contributed by atoms with Crippen LogP contribution in [0.5, 0.6) is 0 Å². The Kier molecular flexibility index (Phi) is 7.23. The minimum atomic E-state index is -1.31. The molecular weight excluding hydrogens is 210 g/mol. The number of carboxylic acid groups (broad SMARTS) is 2. The first kappa shape index (κ1) is 14.0. The van der Waals surface area contributed by atoms with Gasteiger partial charge in [0.1, 0.15) is 6.42 Å². The lowest BCUT2D eigenvalue weighted by Gasteiger charge is -1.99. The van der Waals surface area contributed by atoms with Crippen molar-refractivity contribution in [2.75, 3.05) is 11.9 Å². The summed E-state index contributed by atoms with van der Waals surface area (Å²) in [5.74, 6) is -2.62. The van der Waals surface area contributed by atoms with Crippen molar-refractivity contribution in [1.29, 1.82) is 0 Å². The number of hydrogen-bond donors (Lipinski definition) is 3. The summed E-state index contributed by atoms with van der Waals surface area (Å²) in [4.78, 5) is 18.9. The molecule has 0 saturated heterocycles. The van der Waals surface area contributed by atoms with Crippen molar-refractivity contribution in [3.8, 4) is 0 Å². The number of para-hydroxylation sites is 1. The number of nitrogens with one attached hydrogen (secondary N) is 1. The van der Waals surface area contributed by atoms with Crippen LogP contribution in [0.3, 0.4) is 0 Å². The Bertz CT molecular complexity index is 312. The van der Waals surface area contributed by atoms with Crippen molar-refractivity contribution in [1.82, 2.24) is 0 Å². The third-order valence-electron chi connectivity index (χ3n) is 1.46. The van der Waals surface area contributed by atoms with Crippen LogP contribution in [0.15, 0.2) is 30.3 Å². The zero-order chi connectivity index (χ0) is 12.4. The topological polar surface area (TPSA) is 86.6 Å². The van der Waals surface area contributed by atoms with Crippen LogP contribution in [0.2, 0.25) is 0 Å². The molecule has 0 aliphatic rings. The fraction of sp³-hybridized carbons (Fsp3) is 0.273. The van der Waals surface area contributed by atoms with Crippen LogP contribution in [-0.2, 0) is 9.59 Å². The molecule has 1 aromatic carbocycles. The fourth-order valence-electron chi connectivity index (χ4n) is 0.889. The van der Waals surface area contributed by atoms with Crippen LogP contribution < -0.4 is 5.32 Å². The molecular formula is C11H15NO4. The predicted molar refractivity (Wildman–Crippen MR) is 60.5 cm³/mol. The quantitative estimate of drug-likeness (QED) is 0.678. The number of anilines is 1. The van der Waals surface area contributed by atoms with Crippen molar-refractivity contribution in [2.45, 2.75) is 13.3 Å². The highest BCUT2D eigenvalue weighted by molar-refractivity contribution is 5.88. The fourth-order valence-corrected chi connectivity index (χ4v) is 0.889. The highest BCUT2D eigenvalue weighted by atomic mass is 16.4. The van der Waals surface area contributed by atoms with Gasteiger partial charge >= 0.3 is 11.9 Å². The zero-order valence-corrected chi connectivity index (χ0v) is 9.01. The lowest BCUT2D eigenvalue weighted by molar-refractivity contribution is -0.147. The second kappa shape index (κ2) is 8.28. The first-order valence-corrected chi connectivity index (χ1v) is 4.78. The molecule has 0 atom stereocenters. The third kappa shape index (κ3) is 8.55. The third-order valence-corrected chi connectivity index (χ3v) is 1.46. The van der Waals surface area contributed by atoms with E-state index in [4.69, 9.17) is 10.2 Å². The van der Waals surface area contributed by atoms with Gasteiger partial charge in [-0.1, -0.05) is 18.2 Å². The maximum Gasteiger partial charge on any atom is 0.314 e. The van der Waals surface area contributed by atoms with Crippen LogP contribution in [0.25, 0.3) is 0 Å². The van der Waals surface area contributed by atoms with Crippen molar-refractivity contribution in [2.24, 2.45) is 0 Å². The van der Waals surface area contributed by atoms with Crippen LogP contribution >= 0.6 is 0 Å². The lowest BCUT2D eigenvalue weighted by atomic mass is 10.3. The van der Waals surface area contributed by atoms with E-state index in [2.05, 4.69) is 24.4 Å². The first-order valence-electron chi connectivity index (χ1n) is 4.78. The summed E-state index contributed by atoms with van der Waals surface area (Å²) in [6.45, 7) is 3.08. The van der Waals surface area contributed by atoms with Gasteiger partial charge in [-0.05, 0) is 19.1 Å². The Morgan fingerprint density at radius 2 is 1.62 bits per heavy atom. The van der Waals surface area contributed by atoms with Crippen LogP contribution in [-0.4, -0.2) is 28.7 Å². The lowest BCUT2D eigenvalue weighted by Crippen LogP contribution is -2.03. The van der Waals surface area contributed by atoms with E-state index in [1.54, 1.807) is 0 Å². The van der Waals surface area contributed by atoms with Gasteiger partial charge in [0.25, 0.3) is 0 Å². The second-order valence-electron chi connectivity index (χ2n) is 2.86. The van der Waals surface area contributed by atoms with Gasteiger partial charge in [-0.3, -0.25) is 9.59 Å². The molecule has 1 rings (SSSR count). The van der Waals surface area contributed by atoms with E-state index in [0.717, 1.165) is 6.54 Å². The molecule has 0 bridgehead atoms. The summed E-state index contributed by atoms with van der Waals surface area (Å²) in [5, 5.41) is 18.6. The Balaban J connectivity index is 0.000000293. The summed E-state index contributed by atoms with van der Waals surface area (Å²) in [5.41, 5.74) is 1.19. The first-order chi connectivity index (χ1) is 7.56. The Labute approximate surface area is 93.7 Å². The van der Waals surface area contributed by atoms with Gasteiger partial charge in [0.2, 0.25) is 0 Å². The van der Waals surface area contributed by atoms with Gasteiger partial charge in [0, 0.05) is 12.2 Å². The highest BCUT2D eigenvalue weighted by Gasteiger charge is 2.01. The molecule has 88 valence electrons. The van der Waals surface area contributed by atoms with Gasteiger partial charge in [0.15, 0.2) is 0 Å². The summed E-state index contributed by atoms with van der Waals surface area (Å²) in [6, 6.07) is 10.2. The van der Waals surface area contributed by atoms with E-state index in [0.29, 0.717) is 0 Å². The monoisotopic (exact) mass is 225 g/mol. The number of rotatable bonds is 4. The molecule has 0 aromatic heterocycles. The molecule has 1 aromatic rings. The van der Waals surface area contributed by atoms with E-state index in [1.807, 2.05) is 18.2 Å². The van der Waals surface area contributed by atoms with Gasteiger partial charge in [-0.2, -0.15) is 0 Å². The minimum Gasteiger partial charge on any atom is -0.481 e. The van der Waals surface area contributed by atoms with Crippen molar-refractivity contribution in [3.63, 3.8) is 0 Å². The molecule has 0 amide bonds. The van der Waals surface area contributed by atoms with E-state index < -0.39 is 18.4 Å². The molecule has 0 fully saturated rings. The summed E-state index contributed by atoms with van der Waals surface area (Å²) >= 11 is 0. The number of carboxylic acids is 2. The highest BCUT2D eigenvalue weighted by Crippen LogP contribution is 2.02. The Hall–Kier alpha value is -2.04. The smallest absolute Gasteiger partial charge is 0.314 e. The molecule has 3 N–H and O–H groups in total. The SMILES string of the molecule is CCNc1ccccc1.O=C(O)CC(=O)O. The van der Waals surface area contributed by atoms with E-state index in [1.165, 1.54) is 5.69 Å². The number of aliphatic carboxylic acids is 2. The minimum absolute atomic E-state index is 0.806. The average Bonchev–Trinajstić information content (AvgIpc) is 2.18. The zero-order valence-electron chi connectivity index (χ0n) is 9.01. The van der Waals surface area contributed by atoms with E-state index in [-0.39, 0.29) is 0 Å². The Morgan fingerprint density at radius 3 is 1.94 bits per heavy atom. The van der Waals surface area contributed by atoms with Crippen molar-refractivity contribution < 1.29 is 19.8 Å². The molecule has 0 radical (unpaired) electrons. The largest absolute Gasteiger partial charge is 0.481 e. The normalized spacial score (nSPS) is 8.56. The van der Waals surface area contributed by atoms with Gasteiger partial charge < -0.3 is 15.5 Å². The molecule has 0 unspecified atom stereocenters. The van der Waals surface area contributed by atoms with Crippen LogP contribution in [0, 0.1) is 0 Å². The van der Waals surface area contributed by atoms with E-state index >= 15 is 0 Å². The molecule has 5 nitrogen and oxygen atoms in total. The maximum absolute atomic E-state index is 9.43. The number of hydrogen-bond acceptors (Lipinski definition) is 3. The standard InChI is InChI=1S/C8H11N.C3H4O4/c1-2-9-8-6-4-3-5-7-8;4-2(5)1-3(6)7/h3-7,9H,2H2,1H3;1H2,(H,4,5)(H,6,7). The van der Waals surface area contributed by atoms with Crippen molar-refractivity contribution >= 4 is 17.6 Å².